The molecule has 0 amide bonds. The van der Waals surface area contributed by atoms with Crippen LogP contribution in [-0.2, 0) is 0 Å². The van der Waals surface area contributed by atoms with E-state index in [0.29, 0.717) is 11.6 Å². The fourth-order valence-corrected chi connectivity index (χ4v) is 1.90. The third-order valence-electron chi connectivity index (χ3n) is 2.92. The van der Waals surface area contributed by atoms with Crippen molar-refractivity contribution in [2.45, 2.75) is 19.3 Å². The van der Waals surface area contributed by atoms with Gasteiger partial charge in [-0.15, -0.1) is 0 Å². The number of nitrogens with two attached hydrogens (primary N) is 1. The molecule has 5 nitrogen and oxygen atoms in total. The first kappa shape index (κ1) is 14.3. The van der Waals surface area contributed by atoms with Crippen LogP contribution in [0.25, 0.3) is 11.4 Å². The van der Waals surface area contributed by atoms with Crippen molar-refractivity contribution in [1.29, 1.82) is 0 Å². The summed E-state index contributed by atoms with van der Waals surface area (Å²) in [4.78, 5) is 8.73. The van der Waals surface area contributed by atoms with Crippen LogP contribution >= 0.6 is 0 Å². The normalized spacial score (nSPS) is 10.4. The summed E-state index contributed by atoms with van der Waals surface area (Å²) >= 11 is 0. The standard InChI is InChI=1S/C15H20N4O/c16-13-11-14(17-9-5-2-6-10-20)19-15(18-13)12-7-3-1-4-8-12/h1,3-4,7-8,11,20H,2,5-6,9-10H2,(H3,16,17,18,19). The molecule has 0 spiro atoms. The predicted octanol–water partition coefficient (Wildman–Crippen LogP) is 2.30. The molecule has 0 aliphatic rings. The van der Waals surface area contributed by atoms with Gasteiger partial charge in [-0.2, -0.15) is 0 Å². The smallest absolute Gasteiger partial charge is 0.163 e. The van der Waals surface area contributed by atoms with Gasteiger partial charge in [0.05, 0.1) is 0 Å². The summed E-state index contributed by atoms with van der Waals surface area (Å²) in [6, 6.07) is 11.5. The van der Waals surface area contributed by atoms with Crippen LogP contribution in [0.5, 0.6) is 0 Å². The van der Waals surface area contributed by atoms with Crippen LogP contribution in [-0.4, -0.2) is 28.2 Å². The summed E-state index contributed by atoms with van der Waals surface area (Å²) < 4.78 is 0. The first-order valence-corrected chi connectivity index (χ1v) is 6.84. The SMILES string of the molecule is Nc1cc(NCCCCCO)nc(-c2ccccc2)n1. The van der Waals surface area contributed by atoms with Crippen molar-refractivity contribution in [3.05, 3.63) is 36.4 Å². The predicted molar refractivity (Wildman–Crippen MR) is 81.3 cm³/mol. The molecular weight excluding hydrogens is 252 g/mol. The van der Waals surface area contributed by atoms with Crippen molar-refractivity contribution in [1.82, 2.24) is 9.97 Å². The maximum atomic E-state index is 8.72. The number of nitrogens with one attached hydrogen (secondary N) is 1. The van der Waals surface area contributed by atoms with E-state index < -0.39 is 0 Å². The second kappa shape index (κ2) is 7.45. The molecule has 0 bridgehead atoms. The number of hydrogen-bond acceptors (Lipinski definition) is 5. The Hall–Kier alpha value is -2.14. The van der Waals surface area contributed by atoms with Crippen LogP contribution in [0.3, 0.4) is 0 Å². The number of rotatable bonds is 7. The van der Waals surface area contributed by atoms with Crippen LogP contribution in [0.4, 0.5) is 11.6 Å². The molecule has 1 aromatic heterocycles. The third-order valence-corrected chi connectivity index (χ3v) is 2.92. The minimum atomic E-state index is 0.249. The van der Waals surface area contributed by atoms with Gasteiger partial charge in [-0.1, -0.05) is 30.3 Å². The molecule has 0 fully saturated rings. The molecule has 1 aromatic carbocycles. The quantitative estimate of drug-likeness (QED) is 0.673. The Kier molecular flexibility index (Phi) is 5.32. The first-order valence-electron chi connectivity index (χ1n) is 6.84. The summed E-state index contributed by atoms with van der Waals surface area (Å²) in [5.74, 6) is 1.82. The number of anilines is 2. The molecule has 0 saturated carbocycles. The topological polar surface area (TPSA) is 84.1 Å². The Morgan fingerprint density at radius 1 is 1.05 bits per heavy atom. The highest BCUT2D eigenvalue weighted by Gasteiger charge is 2.04. The van der Waals surface area contributed by atoms with Crippen molar-refractivity contribution in [2.75, 3.05) is 24.2 Å². The van der Waals surface area contributed by atoms with Crippen molar-refractivity contribution < 1.29 is 5.11 Å². The van der Waals surface area contributed by atoms with Gasteiger partial charge < -0.3 is 16.2 Å². The van der Waals surface area contributed by atoms with Gasteiger partial charge >= 0.3 is 0 Å². The Balaban J connectivity index is 2.02. The van der Waals surface area contributed by atoms with Crippen molar-refractivity contribution in [3.63, 3.8) is 0 Å². The molecule has 0 saturated heterocycles. The number of hydrogen-bond donors (Lipinski definition) is 3. The van der Waals surface area contributed by atoms with Gasteiger partial charge in [0, 0.05) is 24.8 Å². The lowest BCUT2D eigenvalue weighted by atomic mass is 10.2. The van der Waals surface area contributed by atoms with E-state index in [0.717, 1.165) is 37.2 Å². The highest BCUT2D eigenvalue weighted by molar-refractivity contribution is 5.60. The molecular formula is C15H20N4O. The van der Waals surface area contributed by atoms with Crippen LogP contribution < -0.4 is 11.1 Å². The van der Waals surface area contributed by atoms with E-state index in [4.69, 9.17) is 10.8 Å². The molecule has 0 unspecified atom stereocenters. The zero-order valence-electron chi connectivity index (χ0n) is 11.4. The lowest BCUT2D eigenvalue weighted by molar-refractivity contribution is 0.283. The van der Waals surface area contributed by atoms with Crippen molar-refractivity contribution in [2.24, 2.45) is 0 Å². The Morgan fingerprint density at radius 2 is 1.85 bits per heavy atom. The average molecular weight is 272 g/mol. The molecule has 106 valence electrons. The minimum Gasteiger partial charge on any atom is -0.396 e. The number of aliphatic hydroxyl groups excluding tert-OH is 1. The number of benzene rings is 1. The van der Waals surface area contributed by atoms with Gasteiger partial charge in [-0.25, -0.2) is 9.97 Å². The van der Waals surface area contributed by atoms with Crippen molar-refractivity contribution >= 4 is 11.6 Å². The summed E-state index contributed by atoms with van der Waals surface area (Å²) in [6.45, 7) is 1.06. The zero-order valence-corrected chi connectivity index (χ0v) is 11.4. The van der Waals surface area contributed by atoms with Crippen LogP contribution in [0, 0.1) is 0 Å². The lowest BCUT2D eigenvalue weighted by Crippen LogP contribution is -2.06. The van der Waals surface area contributed by atoms with E-state index in [1.54, 1.807) is 6.07 Å². The van der Waals surface area contributed by atoms with E-state index in [1.807, 2.05) is 30.3 Å². The van der Waals surface area contributed by atoms with Gasteiger partial charge in [-0.05, 0) is 19.3 Å². The van der Waals surface area contributed by atoms with E-state index in [9.17, 15) is 0 Å². The monoisotopic (exact) mass is 272 g/mol. The second-order valence-corrected chi connectivity index (χ2v) is 4.58. The Bertz CT molecular complexity index is 531. The molecule has 1 heterocycles. The number of aliphatic hydroxyl groups is 1. The molecule has 5 heteroatoms. The maximum Gasteiger partial charge on any atom is 0.163 e. The molecule has 0 aliphatic carbocycles. The second-order valence-electron chi connectivity index (χ2n) is 4.58. The van der Waals surface area contributed by atoms with Gasteiger partial charge in [0.15, 0.2) is 5.82 Å². The third kappa shape index (κ3) is 4.20. The van der Waals surface area contributed by atoms with E-state index in [-0.39, 0.29) is 6.61 Å². The molecule has 0 aliphatic heterocycles. The average Bonchev–Trinajstić information content (AvgIpc) is 2.47. The summed E-state index contributed by atoms with van der Waals surface area (Å²) in [7, 11) is 0. The molecule has 4 N–H and O–H groups in total. The van der Waals surface area contributed by atoms with E-state index >= 15 is 0 Å². The lowest BCUT2D eigenvalue weighted by Gasteiger charge is -2.08. The largest absolute Gasteiger partial charge is 0.396 e. The molecule has 0 radical (unpaired) electrons. The van der Waals surface area contributed by atoms with Crippen molar-refractivity contribution in [3.8, 4) is 11.4 Å². The number of aromatic nitrogens is 2. The van der Waals surface area contributed by atoms with E-state index in [1.165, 1.54) is 0 Å². The fraction of sp³-hybridized carbons (Fsp3) is 0.333. The van der Waals surface area contributed by atoms with Gasteiger partial charge in [0.25, 0.3) is 0 Å². The molecule has 2 rings (SSSR count). The molecule has 0 atom stereocenters. The molecule has 2 aromatic rings. The highest BCUT2D eigenvalue weighted by atomic mass is 16.2. The number of nitrogen functional groups attached to an aromatic ring is 1. The van der Waals surface area contributed by atoms with Gasteiger partial charge in [0.2, 0.25) is 0 Å². The Morgan fingerprint density at radius 3 is 2.60 bits per heavy atom. The van der Waals surface area contributed by atoms with Crippen LogP contribution in [0.15, 0.2) is 36.4 Å². The summed E-state index contributed by atoms with van der Waals surface area (Å²) in [5.41, 5.74) is 6.77. The summed E-state index contributed by atoms with van der Waals surface area (Å²) in [5, 5.41) is 12.0. The van der Waals surface area contributed by atoms with E-state index in [2.05, 4.69) is 15.3 Å². The van der Waals surface area contributed by atoms with Crippen LogP contribution in [0.2, 0.25) is 0 Å². The number of nitrogens with zero attached hydrogens (tertiary/aromatic N) is 2. The fourth-order valence-electron chi connectivity index (χ4n) is 1.90. The van der Waals surface area contributed by atoms with Crippen LogP contribution in [0.1, 0.15) is 19.3 Å². The zero-order chi connectivity index (χ0) is 14.2. The van der Waals surface area contributed by atoms with Gasteiger partial charge in [0.1, 0.15) is 11.6 Å². The van der Waals surface area contributed by atoms with Gasteiger partial charge in [-0.3, -0.25) is 0 Å². The first-order chi connectivity index (χ1) is 9.79. The number of unbranched alkanes of at least 4 members (excludes halogenated alkanes) is 2. The minimum absolute atomic E-state index is 0.249. The maximum absolute atomic E-state index is 8.72. The molecule has 20 heavy (non-hydrogen) atoms. The summed E-state index contributed by atoms with van der Waals surface area (Å²) in [6.07, 6.45) is 2.82. The highest BCUT2D eigenvalue weighted by Crippen LogP contribution is 2.18. The Labute approximate surface area is 118 Å².